The number of aromatic nitrogens is 5. The number of methoxy groups -OCH3 is 1. The zero-order valence-corrected chi connectivity index (χ0v) is 13.7. The van der Waals surface area contributed by atoms with E-state index in [1.54, 1.807) is 35.3 Å². The molecule has 1 aliphatic rings. The molecule has 2 atom stereocenters. The number of likely N-dealkylation sites (tertiary alicyclic amines) is 1. The molecule has 1 N–H and O–H groups in total. The first-order chi connectivity index (χ1) is 12.3. The molecule has 0 radical (unpaired) electrons. The molecule has 0 aliphatic carbocycles. The molecule has 0 spiro atoms. The highest BCUT2D eigenvalue weighted by Gasteiger charge is 2.38. The van der Waals surface area contributed by atoms with E-state index in [2.05, 4.69) is 20.5 Å². The number of hydrogen-bond acceptors (Lipinski definition) is 5. The Morgan fingerprint density at radius 3 is 2.80 bits per heavy atom. The lowest BCUT2D eigenvalue weighted by Gasteiger charge is -2.14. The van der Waals surface area contributed by atoms with Crippen molar-refractivity contribution in [2.45, 2.75) is 12.0 Å². The third-order valence-electron chi connectivity index (χ3n) is 4.52. The second-order valence-electron chi connectivity index (χ2n) is 5.99. The number of carbonyl (C=O) groups excluding carboxylic acids is 1. The number of nitrogens with one attached hydrogen (secondary N) is 1. The fraction of sp³-hybridized carbons (Fsp3) is 0.294. The minimum Gasteiger partial charge on any atom is -0.379 e. The van der Waals surface area contributed by atoms with Gasteiger partial charge in [-0.05, 0) is 12.1 Å². The molecule has 4 rings (SSSR count). The van der Waals surface area contributed by atoms with E-state index in [1.807, 2.05) is 30.3 Å². The van der Waals surface area contributed by atoms with Gasteiger partial charge >= 0.3 is 0 Å². The van der Waals surface area contributed by atoms with Gasteiger partial charge in [-0.2, -0.15) is 20.5 Å². The molecule has 3 aromatic rings. The number of H-pyrrole nitrogens is 1. The average Bonchev–Trinajstić information content (AvgIpc) is 3.41. The quantitative estimate of drug-likeness (QED) is 0.773. The van der Waals surface area contributed by atoms with Crippen molar-refractivity contribution in [3.05, 3.63) is 60.2 Å². The van der Waals surface area contributed by atoms with Crippen LogP contribution in [0.15, 0.2) is 48.9 Å². The molecule has 8 nitrogen and oxygen atoms in total. The maximum Gasteiger partial charge on any atom is 0.257 e. The van der Waals surface area contributed by atoms with Gasteiger partial charge in [0.1, 0.15) is 0 Å². The molecule has 1 aliphatic heterocycles. The number of benzene rings is 1. The van der Waals surface area contributed by atoms with Crippen LogP contribution in [0.1, 0.15) is 22.0 Å². The number of hydrogen-bond donors (Lipinski definition) is 1. The second-order valence-corrected chi connectivity index (χ2v) is 5.99. The van der Waals surface area contributed by atoms with E-state index in [9.17, 15) is 4.79 Å². The van der Waals surface area contributed by atoms with Crippen LogP contribution in [0.4, 0.5) is 0 Å². The van der Waals surface area contributed by atoms with Crippen LogP contribution < -0.4 is 0 Å². The lowest BCUT2D eigenvalue weighted by atomic mass is 10.0. The summed E-state index contributed by atoms with van der Waals surface area (Å²) in [5.41, 5.74) is 2.28. The first-order valence-electron chi connectivity index (χ1n) is 8.04. The standard InChI is InChI=1S/C17H18N6O2/c1-25-16-11-22(10-14(16)15-8-18-21-20-15)17(24)12-7-19-23(9-12)13-5-3-2-4-6-13/h2-9,14,16H,10-11H2,1H3,(H,18,20,21)/t14-,16+/m0/s1. The van der Waals surface area contributed by atoms with Gasteiger partial charge in [-0.25, -0.2) is 4.68 Å². The number of ether oxygens (including phenoxy) is 1. The fourth-order valence-electron chi connectivity index (χ4n) is 3.19. The molecular weight excluding hydrogens is 320 g/mol. The number of rotatable bonds is 4. The molecule has 1 fully saturated rings. The van der Waals surface area contributed by atoms with E-state index in [0.717, 1.165) is 11.4 Å². The Hall–Kier alpha value is -3.00. The van der Waals surface area contributed by atoms with Crippen molar-refractivity contribution in [2.24, 2.45) is 0 Å². The molecule has 8 heteroatoms. The van der Waals surface area contributed by atoms with Crippen molar-refractivity contribution in [1.82, 2.24) is 30.1 Å². The van der Waals surface area contributed by atoms with Crippen molar-refractivity contribution in [1.29, 1.82) is 0 Å². The molecule has 0 saturated carbocycles. The third kappa shape index (κ3) is 2.91. The van der Waals surface area contributed by atoms with Gasteiger partial charge in [0.15, 0.2) is 0 Å². The summed E-state index contributed by atoms with van der Waals surface area (Å²) in [6.07, 6.45) is 4.93. The molecule has 3 heterocycles. The van der Waals surface area contributed by atoms with E-state index in [1.165, 1.54) is 0 Å². The monoisotopic (exact) mass is 338 g/mol. The molecule has 1 amide bonds. The maximum absolute atomic E-state index is 12.8. The second kappa shape index (κ2) is 6.48. The molecule has 1 aromatic carbocycles. The van der Waals surface area contributed by atoms with Gasteiger partial charge in [0.25, 0.3) is 5.91 Å². The molecule has 0 bridgehead atoms. The number of amides is 1. The Morgan fingerprint density at radius 1 is 1.24 bits per heavy atom. The van der Waals surface area contributed by atoms with E-state index in [4.69, 9.17) is 4.74 Å². The summed E-state index contributed by atoms with van der Waals surface area (Å²) in [4.78, 5) is 14.6. The first kappa shape index (κ1) is 15.5. The number of aromatic amines is 1. The van der Waals surface area contributed by atoms with Crippen molar-refractivity contribution < 1.29 is 9.53 Å². The summed E-state index contributed by atoms with van der Waals surface area (Å²) >= 11 is 0. The largest absolute Gasteiger partial charge is 0.379 e. The first-order valence-corrected chi connectivity index (χ1v) is 8.04. The van der Waals surface area contributed by atoms with Crippen molar-refractivity contribution >= 4 is 5.91 Å². The summed E-state index contributed by atoms with van der Waals surface area (Å²) < 4.78 is 7.24. The van der Waals surface area contributed by atoms with Gasteiger partial charge in [-0.1, -0.05) is 18.2 Å². The lowest BCUT2D eigenvalue weighted by molar-refractivity contribution is 0.0714. The van der Waals surface area contributed by atoms with Crippen LogP contribution in [0.5, 0.6) is 0 Å². The molecule has 0 unspecified atom stereocenters. The number of para-hydroxylation sites is 1. The number of nitrogens with zero attached hydrogens (tertiary/aromatic N) is 5. The van der Waals surface area contributed by atoms with Crippen molar-refractivity contribution in [3.63, 3.8) is 0 Å². The van der Waals surface area contributed by atoms with Crippen LogP contribution in [-0.2, 0) is 4.74 Å². The highest BCUT2D eigenvalue weighted by molar-refractivity contribution is 5.94. The van der Waals surface area contributed by atoms with Crippen molar-refractivity contribution in [2.75, 3.05) is 20.2 Å². The summed E-state index contributed by atoms with van der Waals surface area (Å²) in [5.74, 6) is -0.0490. The van der Waals surface area contributed by atoms with Crippen LogP contribution in [0.25, 0.3) is 5.69 Å². The Balaban J connectivity index is 1.53. The summed E-state index contributed by atoms with van der Waals surface area (Å²) in [6, 6.07) is 9.70. The van der Waals surface area contributed by atoms with Crippen LogP contribution >= 0.6 is 0 Å². The SMILES string of the molecule is CO[C@@H]1CN(C(=O)c2cnn(-c3ccccc3)c2)C[C@H]1c1cn[nH]n1. The highest BCUT2D eigenvalue weighted by atomic mass is 16.5. The van der Waals surface area contributed by atoms with Gasteiger partial charge in [0, 0.05) is 26.4 Å². The van der Waals surface area contributed by atoms with Crippen LogP contribution in [-0.4, -0.2) is 62.3 Å². The van der Waals surface area contributed by atoms with E-state index < -0.39 is 0 Å². The van der Waals surface area contributed by atoms with Gasteiger partial charge in [0.2, 0.25) is 0 Å². The summed E-state index contributed by atoms with van der Waals surface area (Å²) in [6.45, 7) is 1.06. The van der Waals surface area contributed by atoms with Crippen molar-refractivity contribution in [3.8, 4) is 5.69 Å². The lowest BCUT2D eigenvalue weighted by Crippen LogP contribution is -2.29. The van der Waals surface area contributed by atoms with Crippen LogP contribution in [0, 0.1) is 0 Å². The predicted molar refractivity (Wildman–Crippen MR) is 89.4 cm³/mol. The van der Waals surface area contributed by atoms with Crippen LogP contribution in [0.3, 0.4) is 0 Å². The Bertz CT molecular complexity index is 845. The van der Waals surface area contributed by atoms with Gasteiger partial charge in [0.05, 0.1) is 41.4 Å². The fourth-order valence-corrected chi connectivity index (χ4v) is 3.19. The van der Waals surface area contributed by atoms with Gasteiger partial charge in [-0.15, -0.1) is 0 Å². The average molecular weight is 338 g/mol. The molecular formula is C17H18N6O2. The van der Waals surface area contributed by atoms with E-state index in [-0.39, 0.29) is 17.9 Å². The molecule has 25 heavy (non-hydrogen) atoms. The topological polar surface area (TPSA) is 88.9 Å². The normalized spacial score (nSPS) is 20.1. The maximum atomic E-state index is 12.8. The van der Waals surface area contributed by atoms with E-state index in [0.29, 0.717) is 18.7 Å². The van der Waals surface area contributed by atoms with Gasteiger partial charge in [-0.3, -0.25) is 4.79 Å². The predicted octanol–water partition coefficient (Wildman–Crippen LogP) is 1.24. The Morgan fingerprint density at radius 2 is 2.08 bits per heavy atom. The summed E-state index contributed by atoms with van der Waals surface area (Å²) in [7, 11) is 1.65. The van der Waals surface area contributed by atoms with E-state index >= 15 is 0 Å². The number of carbonyl (C=O) groups is 1. The molecule has 128 valence electrons. The third-order valence-corrected chi connectivity index (χ3v) is 4.52. The zero-order valence-electron chi connectivity index (χ0n) is 13.7. The highest BCUT2D eigenvalue weighted by Crippen LogP contribution is 2.28. The minimum absolute atomic E-state index is 0.0110. The molecule has 2 aromatic heterocycles. The Kier molecular flexibility index (Phi) is 4.02. The zero-order chi connectivity index (χ0) is 17.2. The summed E-state index contributed by atoms with van der Waals surface area (Å²) in [5, 5.41) is 14.9. The molecule has 1 saturated heterocycles. The van der Waals surface area contributed by atoms with Gasteiger partial charge < -0.3 is 9.64 Å². The smallest absolute Gasteiger partial charge is 0.257 e. The van der Waals surface area contributed by atoms with Crippen LogP contribution in [0.2, 0.25) is 0 Å². The minimum atomic E-state index is -0.0989. The Labute approximate surface area is 144 Å².